The number of amides is 1. The second-order valence-corrected chi connectivity index (χ2v) is 8.24. The van der Waals surface area contributed by atoms with E-state index >= 15 is 0 Å². The van der Waals surface area contributed by atoms with Crippen molar-refractivity contribution in [3.8, 4) is 0 Å². The maximum Gasteiger partial charge on any atom is 0.221 e. The largest absolute Gasteiger partial charge is 0.326 e. The molecule has 26 heavy (non-hydrogen) atoms. The number of anilines is 1. The first-order valence-electron chi connectivity index (χ1n) is 9.66. The number of carbonyl (C=O) groups is 1. The van der Waals surface area contributed by atoms with Crippen LogP contribution in [-0.4, -0.2) is 23.4 Å². The summed E-state index contributed by atoms with van der Waals surface area (Å²) in [5, 5.41) is 2.95. The van der Waals surface area contributed by atoms with Gasteiger partial charge in [-0.05, 0) is 59.5 Å². The minimum absolute atomic E-state index is 0.00508. The highest BCUT2D eigenvalue weighted by atomic mass is 16.1. The second kappa shape index (κ2) is 6.55. The lowest BCUT2D eigenvalue weighted by Gasteiger charge is -2.54. The molecule has 3 atom stereocenters. The van der Waals surface area contributed by atoms with E-state index in [1.807, 2.05) is 0 Å². The molecule has 0 unspecified atom stereocenters. The summed E-state index contributed by atoms with van der Waals surface area (Å²) in [6.07, 6.45) is 2.26. The van der Waals surface area contributed by atoms with Gasteiger partial charge < -0.3 is 5.32 Å². The van der Waals surface area contributed by atoms with Gasteiger partial charge in [-0.3, -0.25) is 9.69 Å². The molecule has 136 valence electrons. The first-order valence-corrected chi connectivity index (χ1v) is 9.66. The van der Waals surface area contributed by atoms with Crippen LogP contribution in [0.4, 0.5) is 5.69 Å². The Bertz CT molecular complexity index is 816. The van der Waals surface area contributed by atoms with Crippen molar-refractivity contribution in [2.45, 2.75) is 51.6 Å². The van der Waals surface area contributed by atoms with Crippen molar-refractivity contribution in [2.75, 3.05) is 11.9 Å². The number of nitrogens with zero attached hydrogens (tertiary/aromatic N) is 1. The van der Waals surface area contributed by atoms with Crippen LogP contribution in [0.3, 0.4) is 0 Å². The third-order valence-corrected chi connectivity index (χ3v) is 6.67. The van der Waals surface area contributed by atoms with Gasteiger partial charge in [0.25, 0.3) is 0 Å². The van der Waals surface area contributed by atoms with Crippen LogP contribution < -0.4 is 5.32 Å². The van der Waals surface area contributed by atoms with E-state index in [1.54, 1.807) is 6.92 Å². The quantitative estimate of drug-likeness (QED) is 0.893. The molecule has 0 saturated carbocycles. The van der Waals surface area contributed by atoms with Gasteiger partial charge >= 0.3 is 0 Å². The molecule has 3 nitrogen and oxygen atoms in total. The summed E-state index contributed by atoms with van der Waals surface area (Å²) in [6.45, 7) is 8.56. The van der Waals surface area contributed by atoms with Crippen LogP contribution in [0.5, 0.6) is 0 Å². The molecule has 1 fully saturated rings. The van der Waals surface area contributed by atoms with E-state index in [1.165, 1.54) is 16.7 Å². The Morgan fingerprint density at radius 3 is 2.73 bits per heavy atom. The number of nitrogens with one attached hydrogen (secondary N) is 1. The third kappa shape index (κ3) is 2.95. The zero-order chi connectivity index (χ0) is 18.3. The van der Waals surface area contributed by atoms with E-state index < -0.39 is 0 Å². The van der Waals surface area contributed by atoms with Crippen LogP contribution >= 0.6 is 0 Å². The number of hydrogen-bond donors (Lipinski definition) is 1. The van der Waals surface area contributed by atoms with Crippen molar-refractivity contribution < 1.29 is 4.79 Å². The van der Waals surface area contributed by atoms with Gasteiger partial charge in [0.05, 0.1) is 0 Å². The van der Waals surface area contributed by atoms with Crippen molar-refractivity contribution in [3.63, 3.8) is 0 Å². The van der Waals surface area contributed by atoms with E-state index in [2.05, 4.69) is 72.6 Å². The van der Waals surface area contributed by atoms with Crippen molar-refractivity contribution in [3.05, 3.63) is 65.2 Å². The summed E-state index contributed by atoms with van der Waals surface area (Å²) >= 11 is 0. The number of fused-ring (bicyclic) bond motifs is 4. The zero-order valence-electron chi connectivity index (χ0n) is 16.0. The first-order chi connectivity index (χ1) is 12.5. The highest BCUT2D eigenvalue weighted by Gasteiger charge is 2.48. The average molecular weight is 348 g/mol. The summed E-state index contributed by atoms with van der Waals surface area (Å²) < 4.78 is 0. The lowest BCUT2D eigenvalue weighted by molar-refractivity contribution is -0.114. The molecule has 4 rings (SSSR count). The molecule has 1 aliphatic carbocycles. The molecule has 2 aliphatic rings. The van der Waals surface area contributed by atoms with Crippen molar-refractivity contribution in [1.82, 2.24) is 4.90 Å². The van der Waals surface area contributed by atoms with Crippen molar-refractivity contribution >= 4 is 11.6 Å². The maximum atomic E-state index is 11.4. The molecular weight excluding hydrogens is 320 g/mol. The molecule has 2 bridgehead atoms. The summed E-state index contributed by atoms with van der Waals surface area (Å²) in [5.74, 6) is 0.592. The maximum absolute atomic E-state index is 11.4. The molecule has 1 heterocycles. The average Bonchev–Trinajstić information content (AvgIpc) is 2.61. The Hall–Kier alpha value is -2.13. The van der Waals surface area contributed by atoms with Crippen LogP contribution in [0.25, 0.3) is 0 Å². The predicted molar refractivity (Wildman–Crippen MR) is 106 cm³/mol. The molecule has 1 saturated heterocycles. The van der Waals surface area contributed by atoms with Crippen LogP contribution in [-0.2, 0) is 23.2 Å². The molecule has 3 heteroatoms. The normalized spacial score (nSPS) is 27.7. The standard InChI is InChI=1S/C23H28N2O/c1-16-22-13-19-9-10-20(24-17(2)26)14-21(19)23(16,3)11-12-25(22)15-18-7-5-4-6-8-18/h4-10,14,16,22H,11-13,15H2,1-3H3,(H,24,26)/t16-,22+,23+/m1/s1. The molecule has 2 aromatic rings. The minimum atomic E-state index is -0.00508. The molecule has 0 radical (unpaired) electrons. The number of benzene rings is 2. The summed E-state index contributed by atoms with van der Waals surface area (Å²) in [6, 6.07) is 17.9. The van der Waals surface area contributed by atoms with Crippen LogP contribution in [0, 0.1) is 5.92 Å². The van der Waals surface area contributed by atoms with Crippen LogP contribution in [0.15, 0.2) is 48.5 Å². The molecule has 0 aromatic heterocycles. The highest BCUT2D eigenvalue weighted by molar-refractivity contribution is 5.88. The van der Waals surface area contributed by atoms with Gasteiger partial charge in [-0.1, -0.05) is 50.2 Å². The Balaban J connectivity index is 1.64. The van der Waals surface area contributed by atoms with Crippen LogP contribution in [0.1, 0.15) is 43.9 Å². The van der Waals surface area contributed by atoms with Crippen molar-refractivity contribution in [1.29, 1.82) is 0 Å². The first kappa shape index (κ1) is 17.3. The summed E-state index contributed by atoms with van der Waals surface area (Å²) in [4.78, 5) is 14.1. The summed E-state index contributed by atoms with van der Waals surface area (Å²) in [7, 11) is 0. The zero-order valence-corrected chi connectivity index (χ0v) is 16.0. The highest BCUT2D eigenvalue weighted by Crippen LogP contribution is 2.49. The summed E-state index contributed by atoms with van der Waals surface area (Å²) in [5.41, 5.74) is 5.39. The number of carbonyl (C=O) groups excluding carboxylic acids is 1. The van der Waals surface area contributed by atoms with E-state index in [-0.39, 0.29) is 11.3 Å². The van der Waals surface area contributed by atoms with E-state index in [4.69, 9.17) is 0 Å². The Kier molecular flexibility index (Phi) is 4.36. The second-order valence-electron chi connectivity index (χ2n) is 8.24. The molecular formula is C23H28N2O. The van der Waals surface area contributed by atoms with Gasteiger partial charge in [0.2, 0.25) is 5.91 Å². The van der Waals surface area contributed by atoms with Gasteiger partial charge in [0.1, 0.15) is 0 Å². The Morgan fingerprint density at radius 2 is 2.00 bits per heavy atom. The molecule has 0 spiro atoms. The third-order valence-electron chi connectivity index (χ3n) is 6.67. The predicted octanol–water partition coefficient (Wildman–Crippen LogP) is 4.37. The lowest BCUT2D eigenvalue weighted by Crippen LogP contribution is -2.57. The number of rotatable bonds is 3. The fraction of sp³-hybridized carbons (Fsp3) is 0.435. The Morgan fingerprint density at radius 1 is 1.23 bits per heavy atom. The SMILES string of the molecule is CC(=O)Nc1ccc2c(c1)[C@@]1(C)CCN(Cc3ccccc3)[C@@H](C2)[C@H]1C. The molecule has 1 N–H and O–H groups in total. The van der Waals surface area contributed by atoms with Gasteiger partial charge in [-0.2, -0.15) is 0 Å². The van der Waals surface area contributed by atoms with Gasteiger partial charge in [-0.25, -0.2) is 0 Å². The van der Waals surface area contributed by atoms with Crippen molar-refractivity contribution in [2.24, 2.45) is 5.92 Å². The molecule has 1 amide bonds. The van der Waals surface area contributed by atoms with Gasteiger partial charge in [0.15, 0.2) is 0 Å². The topological polar surface area (TPSA) is 32.3 Å². The number of hydrogen-bond acceptors (Lipinski definition) is 2. The fourth-order valence-corrected chi connectivity index (χ4v) is 5.00. The lowest BCUT2D eigenvalue weighted by atomic mass is 9.59. The van der Waals surface area contributed by atoms with E-state index in [9.17, 15) is 4.79 Å². The Labute approximate surface area is 156 Å². The van der Waals surface area contributed by atoms with E-state index in [0.29, 0.717) is 12.0 Å². The monoisotopic (exact) mass is 348 g/mol. The smallest absolute Gasteiger partial charge is 0.221 e. The fourth-order valence-electron chi connectivity index (χ4n) is 5.00. The van der Waals surface area contributed by atoms with E-state index in [0.717, 1.165) is 31.6 Å². The number of likely N-dealkylation sites (tertiary alicyclic amines) is 1. The molecule has 2 aromatic carbocycles. The number of piperidine rings is 1. The van der Waals surface area contributed by atoms with Gasteiger partial charge in [-0.15, -0.1) is 0 Å². The van der Waals surface area contributed by atoms with Crippen LogP contribution in [0.2, 0.25) is 0 Å². The minimum Gasteiger partial charge on any atom is -0.326 e. The van der Waals surface area contributed by atoms with Gasteiger partial charge in [0, 0.05) is 25.2 Å². The molecule has 1 aliphatic heterocycles.